The van der Waals surface area contributed by atoms with Gasteiger partial charge < -0.3 is 14.8 Å². The van der Waals surface area contributed by atoms with Crippen LogP contribution in [-0.2, 0) is 4.74 Å². The fraction of sp³-hybridized carbons (Fsp3) is 0.462. The molecular formula is C26H31F4N5O3. The summed E-state index contributed by atoms with van der Waals surface area (Å²) in [5.41, 5.74) is 1.63. The molecule has 8 nitrogen and oxygen atoms in total. The standard InChI is InChI=1S/C26H31F4N5O3/c1-16-24(35(18-6-4-3-5-7-18)33-25(16)38-15-23(29)30)32-26(36)31-22-14-34(10-11-37-2)13-19(22)17-8-9-20(27)21(28)12-17/h4,6-9,12,19,22-23H,3,5,10-11,13-15H2,1-2H3,(H2,31,32,36). The van der Waals surface area contributed by atoms with Gasteiger partial charge in [0, 0.05) is 32.7 Å². The SMILES string of the molecule is COCCN1CC(NC(=O)Nc2c(C)c(OCC(F)F)nn2C2=CCCC=C2)C(c2ccc(F)c(F)c2)C1. The van der Waals surface area contributed by atoms with Gasteiger partial charge in [-0.15, -0.1) is 5.10 Å². The molecule has 2 atom stereocenters. The third-order valence-electron chi connectivity index (χ3n) is 6.57. The Labute approximate surface area is 218 Å². The van der Waals surface area contributed by atoms with E-state index in [1.807, 2.05) is 18.2 Å². The predicted octanol–water partition coefficient (Wildman–Crippen LogP) is 4.54. The van der Waals surface area contributed by atoms with Gasteiger partial charge in [0.25, 0.3) is 6.43 Å². The highest BCUT2D eigenvalue weighted by Gasteiger charge is 2.35. The number of allylic oxidation sites excluding steroid dienone is 4. The summed E-state index contributed by atoms with van der Waals surface area (Å²) in [6.07, 6.45) is 4.66. The second-order valence-corrected chi connectivity index (χ2v) is 9.24. The maximum atomic E-state index is 14.0. The molecule has 0 bridgehead atoms. The molecule has 2 heterocycles. The second-order valence-electron chi connectivity index (χ2n) is 9.24. The van der Waals surface area contributed by atoms with Crippen LogP contribution in [0.5, 0.6) is 5.88 Å². The molecule has 38 heavy (non-hydrogen) atoms. The van der Waals surface area contributed by atoms with Gasteiger partial charge in [0.05, 0.1) is 23.9 Å². The first-order valence-corrected chi connectivity index (χ1v) is 12.4. The molecule has 1 aromatic heterocycles. The van der Waals surface area contributed by atoms with Gasteiger partial charge in [0.1, 0.15) is 5.82 Å². The number of ether oxygens (including phenoxy) is 2. The molecule has 1 saturated heterocycles. The van der Waals surface area contributed by atoms with E-state index >= 15 is 0 Å². The number of nitrogens with zero attached hydrogens (tertiary/aromatic N) is 3. The van der Waals surface area contributed by atoms with Crippen molar-refractivity contribution in [1.29, 1.82) is 0 Å². The third kappa shape index (κ3) is 6.54. The summed E-state index contributed by atoms with van der Waals surface area (Å²) in [6.45, 7) is 2.86. The lowest BCUT2D eigenvalue weighted by molar-refractivity contribution is 0.0791. The average Bonchev–Trinajstić information content (AvgIpc) is 3.44. The number of amides is 2. The van der Waals surface area contributed by atoms with Crippen LogP contribution in [0.4, 0.5) is 28.2 Å². The summed E-state index contributed by atoms with van der Waals surface area (Å²) < 4.78 is 64.9. The maximum absolute atomic E-state index is 14.0. The highest BCUT2D eigenvalue weighted by molar-refractivity contribution is 5.90. The fourth-order valence-electron chi connectivity index (χ4n) is 4.67. The molecule has 0 saturated carbocycles. The number of likely N-dealkylation sites (tertiary alicyclic amines) is 1. The van der Waals surface area contributed by atoms with E-state index in [0.29, 0.717) is 43.1 Å². The first-order valence-electron chi connectivity index (χ1n) is 12.4. The number of anilines is 1. The van der Waals surface area contributed by atoms with Crippen molar-refractivity contribution in [2.24, 2.45) is 0 Å². The number of carbonyl (C=O) groups excluding carboxylic acids is 1. The Morgan fingerprint density at radius 2 is 2.03 bits per heavy atom. The highest BCUT2D eigenvalue weighted by Crippen LogP contribution is 2.31. The Bertz CT molecular complexity index is 1200. The number of methoxy groups -OCH3 is 1. The molecule has 1 aromatic carbocycles. The number of rotatable bonds is 10. The predicted molar refractivity (Wildman–Crippen MR) is 134 cm³/mol. The summed E-state index contributed by atoms with van der Waals surface area (Å²) in [6, 6.07) is 2.77. The monoisotopic (exact) mass is 537 g/mol. The topological polar surface area (TPSA) is 80.7 Å². The van der Waals surface area contributed by atoms with E-state index in [1.54, 1.807) is 14.0 Å². The van der Waals surface area contributed by atoms with Gasteiger partial charge >= 0.3 is 6.03 Å². The fourth-order valence-corrected chi connectivity index (χ4v) is 4.67. The maximum Gasteiger partial charge on any atom is 0.320 e. The van der Waals surface area contributed by atoms with E-state index in [9.17, 15) is 22.4 Å². The lowest BCUT2D eigenvalue weighted by atomic mass is 9.94. The Morgan fingerprint density at radius 3 is 2.71 bits per heavy atom. The van der Waals surface area contributed by atoms with Crippen LogP contribution in [0, 0.1) is 18.6 Å². The number of benzene rings is 1. The molecule has 0 radical (unpaired) electrons. The lowest BCUT2D eigenvalue weighted by Crippen LogP contribution is -2.42. The zero-order valence-electron chi connectivity index (χ0n) is 21.2. The van der Waals surface area contributed by atoms with Crippen molar-refractivity contribution in [1.82, 2.24) is 20.0 Å². The molecule has 1 aliphatic carbocycles. The second kappa shape index (κ2) is 12.4. The minimum absolute atomic E-state index is 0.00764. The average molecular weight is 538 g/mol. The molecule has 2 amide bonds. The number of alkyl halides is 2. The third-order valence-corrected chi connectivity index (χ3v) is 6.57. The number of carbonyl (C=O) groups is 1. The number of urea groups is 1. The van der Waals surface area contributed by atoms with E-state index < -0.39 is 36.7 Å². The molecule has 2 aliphatic rings. The largest absolute Gasteiger partial charge is 0.470 e. The molecule has 2 N–H and O–H groups in total. The summed E-state index contributed by atoms with van der Waals surface area (Å²) in [4.78, 5) is 15.3. The van der Waals surface area contributed by atoms with Gasteiger partial charge in [-0.05, 0) is 43.5 Å². The molecule has 2 aromatic rings. The number of nitrogens with one attached hydrogen (secondary N) is 2. The number of hydrogen-bond donors (Lipinski definition) is 2. The normalized spacial score (nSPS) is 19.6. The molecule has 0 spiro atoms. The molecule has 1 aliphatic heterocycles. The van der Waals surface area contributed by atoms with Crippen LogP contribution in [0.2, 0.25) is 0 Å². The van der Waals surface area contributed by atoms with Crippen LogP contribution in [0.25, 0.3) is 5.70 Å². The van der Waals surface area contributed by atoms with Crippen molar-refractivity contribution in [2.75, 3.05) is 45.3 Å². The van der Waals surface area contributed by atoms with Crippen LogP contribution >= 0.6 is 0 Å². The minimum Gasteiger partial charge on any atom is -0.470 e. The molecule has 2 unspecified atom stereocenters. The summed E-state index contributed by atoms with van der Waals surface area (Å²) in [7, 11) is 1.59. The van der Waals surface area contributed by atoms with Gasteiger partial charge in [0.2, 0.25) is 5.88 Å². The van der Waals surface area contributed by atoms with Crippen molar-refractivity contribution in [3.8, 4) is 5.88 Å². The van der Waals surface area contributed by atoms with Crippen molar-refractivity contribution < 1.29 is 31.8 Å². The molecule has 12 heteroatoms. The van der Waals surface area contributed by atoms with Crippen LogP contribution in [0.3, 0.4) is 0 Å². The Morgan fingerprint density at radius 1 is 1.21 bits per heavy atom. The van der Waals surface area contributed by atoms with Gasteiger partial charge in [0.15, 0.2) is 18.2 Å². The zero-order chi connectivity index (χ0) is 27.2. The molecular weight excluding hydrogens is 506 g/mol. The number of halogens is 4. The zero-order valence-corrected chi connectivity index (χ0v) is 21.2. The van der Waals surface area contributed by atoms with Crippen molar-refractivity contribution in [3.05, 3.63) is 59.2 Å². The quantitative estimate of drug-likeness (QED) is 0.435. The van der Waals surface area contributed by atoms with Gasteiger partial charge in [-0.1, -0.05) is 18.2 Å². The van der Waals surface area contributed by atoms with E-state index in [1.165, 1.54) is 10.7 Å². The lowest BCUT2D eigenvalue weighted by Gasteiger charge is -2.21. The van der Waals surface area contributed by atoms with Gasteiger partial charge in [-0.3, -0.25) is 10.2 Å². The van der Waals surface area contributed by atoms with Crippen LogP contribution < -0.4 is 15.4 Å². The summed E-state index contributed by atoms with van der Waals surface area (Å²) >= 11 is 0. The molecule has 4 rings (SSSR count). The van der Waals surface area contributed by atoms with Gasteiger partial charge in [-0.2, -0.15) is 0 Å². The van der Waals surface area contributed by atoms with Crippen LogP contribution in [0.1, 0.15) is 29.9 Å². The summed E-state index contributed by atoms with van der Waals surface area (Å²) in [5.74, 6) is -1.92. The van der Waals surface area contributed by atoms with Crippen LogP contribution in [-0.4, -0.2) is 73.1 Å². The van der Waals surface area contributed by atoms with E-state index in [2.05, 4.69) is 20.6 Å². The number of aromatic nitrogens is 2. The van der Waals surface area contributed by atoms with Crippen molar-refractivity contribution >= 4 is 17.5 Å². The summed E-state index contributed by atoms with van der Waals surface area (Å²) in [5, 5.41) is 10.1. The first-order chi connectivity index (χ1) is 18.3. The van der Waals surface area contributed by atoms with E-state index in [-0.39, 0.29) is 17.6 Å². The first kappa shape index (κ1) is 27.6. The Kier molecular flexibility index (Phi) is 9.05. The highest BCUT2D eigenvalue weighted by atomic mass is 19.3. The van der Waals surface area contributed by atoms with Crippen molar-refractivity contribution in [2.45, 2.75) is 38.2 Å². The van der Waals surface area contributed by atoms with Crippen molar-refractivity contribution in [3.63, 3.8) is 0 Å². The number of hydrogen-bond acceptors (Lipinski definition) is 5. The van der Waals surface area contributed by atoms with E-state index in [0.717, 1.165) is 25.0 Å². The molecule has 206 valence electrons. The Hall–Kier alpha value is -3.38. The van der Waals surface area contributed by atoms with E-state index in [4.69, 9.17) is 9.47 Å². The minimum atomic E-state index is -2.68. The Balaban J connectivity index is 1.55. The smallest absolute Gasteiger partial charge is 0.320 e. The van der Waals surface area contributed by atoms with Crippen LogP contribution in [0.15, 0.2) is 36.4 Å². The molecule has 1 fully saturated rings. The van der Waals surface area contributed by atoms with Gasteiger partial charge in [-0.25, -0.2) is 27.0 Å².